The van der Waals surface area contributed by atoms with E-state index in [1.165, 1.54) is 25.9 Å². The van der Waals surface area contributed by atoms with Crippen LogP contribution in [-0.2, 0) is 4.79 Å². The minimum Gasteiger partial charge on any atom is -0.350 e. The third-order valence-corrected chi connectivity index (χ3v) is 4.28. The number of rotatable bonds is 8. The number of nitrogens with zero attached hydrogens (tertiary/aromatic N) is 1. The molecule has 1 aliphatic heterocycles. The van der Waals surface area contributed by atoms with Gasteiger partial charge in [-0.15, -0.1) is 0 Å². The summed E-state index contributed by atoms with van der Waals surface area (Å²) in [6, 6.07) is -0.123. The summed E-state index contributed by atoms with van der Waals surface area (Å²) >= 11 is 0. The minimum atomic E-state index is -0.123. The first-order valence-electron chi connectivity index (χ1n) is 8.12. The number of hydrogen-bond donors (Lipinski definition) is 2. The maximum absolute atomic E-state index is 12.1. The van der Waals surface area contributed by atoms with Gasteiger partial charge in [0.2, 0.25) is 5.91 Å². The zero-order valence-corrected chi connectivity index (χ0v) is 14.0. The van der Waals surface area contributed by atoms with Crippen molar-refractivity contribution < 1.29 is 4.79 Å². The Morgan fingerprint density at radius 1 is 1.25 bits per heavy atom. The van der Waals surface area contributed by atoms with Crippen molar-refractivity contribution in [1.82, 2.24) is 15.5 Å². The van der Waals surface area contributed by atoms with Crippen molar-refractivity contribution >= 4 is 5.91 Å². The quantitative estimate of drug-likeness (QED) is 0.716. The van der Waals surface area contributed by atoms with E-state index in [0.717, 1.165) is 19.5 Å². The van der Waals surface area contributed by atoms with Crippen molar-refractivity contribution in [3.05, 3.63) is 0 Å². The molecule has 0 saturated carbocycles. The molecule has 0 aromatic heterocycles. The SMILES string of the molecule is CCC(C)(C)NC(=O)C(C)NCC(C)CN1CCCC1. The fraction of sp³-hybridized carbons (Fsp3) is 0.938. The van der Waals surface area contributed by atoms with Gasteiger partial charge in [-0.25, -0.2) is 0 Å². The molecule has 118 valence electrons. The smallest absolute Gasteiger partial charge is 0.237 e. The first-order chi connectivity index (χ1) is 9.34. The minimum absolute atomic E-state index is 0.102. The topological polar surface area (TPSA) is 44.4 Å². The zero-order chi connectivity index (χ0) is 15.2. The fourth-order valence-electron chi connectivity index (χ4n) is 2.47. The second-order valence-corrected chi connectivity index (χ2v) is 6.97. The lowest BCUT2D eigenvalue weighted by Crippen LogP contribution is -2.51. The van der Waals surface area contributed by atoms with Crippen LogP contribution in [0.25, 0.3) is 0 Å². The highest BCUT2D eigenvalue weighted by molar-refractivity contribution is 5.81. The summed E-state index contributed by atoms with van der Waals surface area (Å²) in [6.45, 7) is 14.9. The van der Waals surface area contributed by atoms with Gasteiger partial charge in [0, 0.05) is 12.1 Å². The Kier molecular flexibility index (Phi) is 6.96. The molecule has 0 spiro atoms. The van der Waals surface area contributed by atoms with Crippen LogP contribution in [0.2, 0.25) is 0 Å². The van der Waals surface area contributed by atoms with Crippen molar-refractivity contribution in [1.29, 1.82) is 0 Å². The van der Waals surface area contributed by atoms with Gasteiger partial charge >= 0.3 is 0 Å². The molecule has 0 aromatic carbocycles. The lowest BCUT2D eigenvalue weighted by molar-refractivity contribution is -0.124. The molecule has 4 heteroatoms. The Hall–Kier alpha value is -0.610. The summed E-state index contributed by atoms with van der Waals surface area (Å²) < 4.78 is 0. The Balaban J connectivity index is 2.23. The second kappa shape index (κ2) is 7.99. The maximum atomic E-state index is 12.1. The summed E-state index contributed by atoms with van der Waals surface area (Å²) in [5.41, 5.74) is -0.117. The van der Waals surface area contributed by atoms with Crippen molar-refractivity contribution in [2.24, 2.45) is 5.92 Å². The maximum Gasteiger partial charge on any atom is 0.237 e. The molecule has 0 radical (unpaired) electrons. The molecule has 20 heavy (non-hydrogen) atoms. The van der Waals surface area contributed by atoms with E-state index in [1.807, 2.05) is 6.92 Å². The standard InChI is InChI=1S/C16H33N3O/c1-6-16(4,5)18-15(20)14(3)17-11-13(2)12-19-9-7-8-10-19/h13-14,17H,6-12H2,1-5H3,(H,18,20). The highest BCUT2D eigenvalue weighted by Crippen LogP contribution is 2.10. The third kappa shape index (κ3) is 6.23. The third-order valence-electron chi connectivity index (χ3n) is 4.28. The van der Waals surface area contributed by atoms with Crippen LogP contribution in [0.5, 0.6) is 0 Å². The Morgan fingerprint density at radius 2 is 1.85 bits per heavy atom. The molecule has 0 aliphatic carbocycles. The van der Waals surface area contributed by atoms with Crippen molar-refractivity contribution in [3.63, 3.8) is 0 Å². The van der Waals surface area contributed by atoms with E-state index in [2.05, 4.69) is 43.2 Å². The van der Waals surface area contributed by atoms with Gasteiger partial charge in [0.1, 0.15) is 0 Å². The summed E-state index contributed by atoms with van der Waals surface area (Å²) in [5.74, 6) is 0.688. The van der Waals surface area contributed by atoms with E-state index in [0.29, 0.717) is 5.92 Å². The average molecular weight is 283 g/mol. The van der Waals surface area contributed by atoms with Gasteiger partial charge in [-0.2, -0.15) is 0 Å². The molecule has 2 unspecified atom stereocenters. The average Bonchev–Trinajstić information content (AvgIpc) is 2.88. The van der Waals surface area contributed by atoms with Crippen LogP contribution in [-0.4, -0.2) is 48.6 Å². The van der Waals surface area contributed by atoms with Crippen molar-refractivity contribution in [3.8, 4) is 0 Å². The number of likely N-dealkylation sites (tertiary alicyclic amines) is 1. The van der Waals surface area contributed by atoms with E-state index < -0.39 is 0 Å². The van der Waals surface area contributed by atoms with E-state index in [9.17, 15) is 4.79 Å². The first kappa shape index (κ1) is 17.4. The molecule has 4 nitrogen and oxygen atoms in total. The predicted octanol–water partition coefficient (Wildman–Crippen LogP) is 2.00. The molecular formula is C16H33N3O. The number of carbonyl (C=O) groups is 1. The second-order valence-electron chi connectivity index (χ2n) is 6.97. The summed E-state index contributed by atoms with van der Waals surface area (Å²) in [4.78, 5) is 14.6. The van der Waals surface area contributed by atoms with Crippen LogP contribution in [0.4, 0.5) is 0 Å². The molecule has 0 bridgehead atoms. The van der Waals surface area contributed by atoms with Crippen molar-refractivity contribution in [2.75, 3.05) is 26.2 Å². The highest BCUT2D eigenvalue weighted by Gasteiger charge is 2.22. The molecule has 1 amide bonds. The summed E-state index contributed by atoms with van der Waals surface area (Å²) in [6.07, 6.45) is 3.62. The number of nitrogens with one attached hydrogen (secondary N) is 2. The Bertz CT molecular complexity index is 298. The van der Waals surface area contributed by atoms with Crippen LogP contribution < -0.4 is 10.6 Å². The largest absolute Gasteiger partial charge is 0.350 e. The molecule has 1 fully saturated rings. The van der Waals surface area contributed by atoms with Gasteiger partial charge in [0.05, 0.1) is 6.04 Å². The molecule has 0 aromatic rings. The Labute approximate surface area is 124 Å². The molecule has 2 N–H and O–H groups in total. The molecule has 1 aliphatic rings. The first-order valence-corrected chi connectivity index (χ1v) is 8.12. The van der Waals surface area contributed by atoms with Crippen LogP contribution >= 0.6 is 0 Å². The fourth-order valence-corrected chi connectivity index (χ4v) is 2.47. The normalized spacial score (nSPS) is 19.9. The number of hydrogen-bond acceptors (Lipinski definition) is 3. The lowest BCUT2D eigenvalue weighted by Gasteiger charge is -2.27. The summed E-state index contributed by atoms with van der Waals surface area (Å²) in [5, 5.41) is 6.45. The number of amides is 1. The van der Waals surface area contributed by atoms with Crippen LogP contribution in [0, 0.1) is 5.92 Å². The lowest BCUT2D eigenvalue weighted by atomic mass is 10.0. The Morgan fingerprint density at radius 3 is 2.40 bits per heavy atom. The zero-order valence-electron chi connectivity index (χ0n) is 14.0. The predicted molar refractivity (Wildman–Crippen MR) is 84.8 cm³/mol. The van der Waals surface area contributed by atoms with Crippen molar-refractivity contribution in [2.45, 2.75) is 65.5 Å². The van der Waals surface area contributed by atoms with E-state index in [-0.39, 0.29) is 17.5 Å². The monoisotopic (exact) mass is 283 g/mol. The molecule has 1 rings (SSSR count). The van der Waals surface area contributed by atoms with E-state index in [1.54, 1.807) is 0 Å². The summed E-state index contributed by atoms with van der Waals surface area (Å²) in [7, 11) is 0. The van der Waals surface area contributed by atoms with Gasteiger partial charge in [-0.1, -0.05) is 13.8 Å². The van der Waals surface area contributed by atoms with Crippen LogP contribution in [0.1, 0.15) is 53.9 Å². The van der Waals surface area contributed by atoms with Crippen LogP contribution in [0.3, 0.4) is 0 Å². The van der Waals surface area contributed by atoms with E-state index >= 15 is 0 Å². The highest BCUT2D eigenvalue weighted by atomic mass is 16.2. The number of carbonyl (C=O) groups excluding carboxylic acids is 1. The molecule has 1 saturated heterocycles. The molecule has 1 heterocycles. The van der Waals surface area contributed by atoms with Gasteiger partial charge in [0.15, 0.2) is 0 Å². The molecule has 2 atom stereocenters. The van der Waals surface area contributed by atoms with Gasteiger partial charge in [-0.3, -0.25) is 4.79 Å². The van der Waals surface area contributed by atoms with Gasteiger partial charge < -0.3 is 15.5 Å². The molecular weight excluding hydrogens is 250 g/mol. The van der Waals surface area contributed by atoms with Crippen LogP contribution in [0.15, 0.2) is 0 Å². The van der Waals surface area contributed by atoms with Gasteiger partial charge in [0.25, 0.3) is 0 Å². The van der Waals surface area contributed by atoms with Gasteiger partial charge in [-0.05, 0) is 65.6 Å². The van der Waals surface area contributed by atoms with E-state index in [4.69, 9.17) is 0 Å².